The summed E-state index contributed by atoms with van der Waals surface area (Å²) in [5.74, 6) is 0.381. The van der Waals surface area contributed by atoms with E-state index in [1.165, 1.54) is 4.68 Å². The average Bonchev–Trinajstić information content (AvgIpc) is 2.69. The standard InChI is InChI=1S/C14H22BrN3O2/c1-9(2)8-18-13(19)12(15)11(7-16-18)17-14(4)5-6-20-10(14)3/h7,9-10,17H,5-6,8H2,1-4H3. The number of hydrogen-bond acceptors (Lipinski definition) is 4. The van der Waals surface area contributed by atoms with Crippen molar-refractivity contribution in [3.63, 3.8) is 0 Å². The lowest BCUT2D eigenvalue weighted by atomic mass is 9.94. The number of nitrogens with zero attached hydrogens (tertiary/aromatic N) is 2. The fourth-order valence-electron chi connectivity index (χ4n) is 2.33. The fourth-order valence-corrected chi connectivity index (χ4v) is 2.74. The molecule has 1 aliphatic rings. The topological polar surface area (TPSA) is 56.1 Å². The summed E-state index contributed by atoms with van der Waals surface area (Å²) in [4.78, 5) is 12.3. The maximum atomic E-state index is 12.3. The lowest BCUT2D eigenvalue weighted by Crippen LogP contribution is -2.42. The zero-order valence-corrected chi connectivity index (χ0v) is 14.0. The normalized spacial score (nSPS) is 26.2. The molecule has 0 saturated carbocycles. The first-order valence-corrected chi connectivity index (χ1v) is 7.78. The summed E-state index contributed by atoms with van der Waals surface area (Å²) in [5, 5.41) is 7.66. The minimum absolute atomic E-state index is 0.0983. The van der Waals surface area contributed by atoms with Gasteiger partial charge in [0.2, 0.25) is 0 Å². The van der Waals surface area contributed by atoms with Gasteiger partial charge >= 0.3 is 0 Å². The molecule has 5 nitrogen and oxygen atoms in total. The van der Waals surface area contributed by atoms with Gasteiger partial charge < -0.3 is 10.1 Å². The maximum absolute atomic E-state index is 12.3. The Labute approximate surface area is 127 Å². The molecule has 0 aromatic carbocycles. The number of anilines is 1. The Morgan fingerprint density at radius 2 is 2.35 bits per heavy atom. The number of halogens is 1. The van der Waals surface area contributed by atoms with E-state index in [4.69, 9.17) is 4.74 Å². The van der Waals surface area contributed by atoms with E-state index >= 15 is 0 Å². The van der Waals surface area contributed by atoms with Gasteiger partial charge in [0.05, 0.1) is 23.5 Å². The first kappa shape index (κ1) is 15.5. The Morgan fingerprint density at radius 3 is 2.90 bits per heavy atom. The highest BCUT2D eigenvalue weighted by Gasteiger charge is 2.37. The van der Waals surface area contributed by atoms with Crippen LogP contribution in [0.5, 0.6) is 0 Å². The Kier molecular flexibility index (Phi) is 4.54. The second kappa shape index (κ2) is 5.85. The summed E-state index contributed by atoms with van der Waals surface area (Å²) in [6.45, 7) is 9.63. The Morgan fingerprint density at radius 1 is 1.65 bits per heavy atom. The molecular weight excluding hydrogens is 322 g/mol. The van der Waals surface area contributed by atoms with Crippen LogP contribution in [0.2, 0.25) is 0 Å². The monoisotopic (exact) mass is 343 g/mol. The van der Waals surface area contributed by atoms with Crippen molar-refractivity contribution in [2.24, 2.45) is 5.92 Å². The van der Waals surface area contributed by atoms with Crippen LogP contribution in [0.4, 0.5) is 5.69 Å². The highest BCUT2D eigenvalue weighted by molar-refractivity contribution is 9.10. The molecule has 1 fully saturated rings. The highest BCUT2D eigenvalue weighted by atomic mass is 79.9. The second-order valence-electron chi connectivity index (χ2n) is 6.06. The van der Waals surface area contributed by atoms with E-state index in [0.29, 0.717) is 16.9 Å². The molecule has 0 spiro atoms. The first-order chi connectivity index (χ1) is 9.33. The molecule has 2 atom stereocenters. The van der Waals surface area contributed by atoms with Gasteiger partial charge in [-0.3, -0.25) is 4.79 Å². The molecule has 0 radical (unpaired) electrons. The molecule has 1 aliphatic heterocycles. The predicted octanol–water partition coefficient (Wildman–Crippen LogP) is 2.64. The molecule has 2 rings (SSSR count). The van der Waals surface area contributed by atoms with Gasteiger partial charge in [-0.25, -0.2) is 4.68 Å². The van der Waals surface area contributed by atoms with E-state index in [0.717, 1.165) is 18.7 Å². The summed E-state index contributed by atoms with van der Waals surface area (Å²) >= 11 is 3.40. The third-order valence-electron chi connectivity index (χ3n) is 3.83. The predicted molar refractivity (Wildman–Crippen MR) is 83.1 cm³/mol. The van der Waals surface area contributed by atoms with E-state index < -0.39 is 0 Å². The molecule has 1 saturated heterocycles. The minimum atomic E-state index is -0.166. The molecule has 1 aromatic rings. The van der Waals surface area contributed by atoms with Crippen molar-refractivity contribution in [1.82, 2.24) is 9.78 Å². The van der Waals surface area contributed by atoms with E-state index in [1.54, 1.807) is 6.20 Å². The quantitative estimate of drug-likeness (QED) is 0.912. The van der Waals surface area contributed by atoms with Crippen molar-refractivity contribution in [1.29, 1.82) is 0 Å². The molecule has 0 bridgehead atoms. The fraction of sp³-hybridized carbons (Fsp3) is 0.714. The smallest absolute Gasteiger partial charge is 0.283 e. The van der Waals surface area contributed by atoms with Crippen LogP contribution in [0.15, 0.2) is 15.5 Å². The van der Waals surface area contributed by atoms with Crippen LogP contribution in [0.3, 0.4) is 0 Å². The lowest BCUT2D eigenvalue weighted by molar-refractivity contribution is 0.105. The molecule has 0 amide bonds. The van der Waals surface area contributed by atoms with Gasteiger partial charge in [-0.15, -0.1) is 0 Å². The van der Waals surface area contributed by atoms with Gasteiger partial charge in [-0.2, -0.15) is 5.10 Å². The van der Waals surface area contributed by atoms with Crippen LogP contribution in [-0.4, -0.2) is 28.0 Å². The second-order valence-corrected chi connectivity index (χ2v) is 6.85. The summed E-state index contributed by atoms with van der Waals surface area (Å²) in [7, 11) is 0. The van der Waals surface area contributed by atoms with Gasteiger partial charge in [0.15, 0.2) is 0 Å². The number of rotatable bonds is 4. The van der Waals surface area contributed by atoms with Crippen molar-refractivity contribution < 1.29 is 4.74 Å². The van der Waals surface area contributed by atoms with Crippen LogP contribution < -0.4 is 10.9 Å². The molecule has 112 valence electrons. The van der Waals surface area contributed by atoms with E-state index in [-0.39, 0.29) is 17.2 Å². The van der Waals surface area contributed by atoms with E-state index in [9.17, 15) is 4.79 Å². The van der Waals surface area contributed by atoms with Gasteiger partial charge in [0.25, 0.3) is 5.56 Å². The number of aromatic nitrogens is 2. The highest BCUT2D eigenvalue weighted by Crippen LogP contribution is 2.31. The number of hydrogen-bond donors (Lipinski definition) is 1. The Bertz CT molecular complexity index is 544. The third kappa shape index (κ3) is 3.06. The molecule has 2 heterocycles. The van der Waals surface area contributed by atoms with Crippen molar-refractivity contribution in [2.75, 3.05) is 11.9 Å². The van der Waals surface area contributed by atoms with Crippen molar-refractivity contribution in [2.45, 2.75) is 52.3 Å². The SMILES string of the molecule is CC(C)Cn1ncc(NC2(C)CCOC2C)c(Br)c1=O. The summed E-state index contributed by atoms with van der Waals surface area (Å²) in [6, 6.07) is 0. The maximum Gasteiger partial charge on any atom is 0.283 e. The molecule has 1 N–H and O–H groups in total. The Balaban J connectivity index is 2.26. The van der Waals surface area contributed by atoms with Gasteiger partial charge in [-0.1, -0.05) is 13.8 Å². The van der Waals surface area contributed by atoms with Gasteiger partial charge in [0.1, 0.15) is 4.47 Å². The molecule has 20 heavy (non-hydrogen) atoms. The zero-order valence-electron chi connectivity index (χ0n) is 12.4. The van der Waals surface area contributed by atoms with Crippen LogP contribution in [0.1, 0.15) is 34.1 Å². The molecule has 6 heteroatoms. The number of nitrogens with one attached hydrogen (secondary N) is 1. The number of ether oxygens (including phenoxy) is 1. The van der Waals surface area contributed by atoms with Crippen LogP contribution in [0.25, 0.3) is 0 Å². The van der Waals surface area contributed by atoms with Crippen molar-refractivity contribution in [3.8, 4) is 0 Å². The van der Waals surface area contributed by atoms with Gasteiger partial charge in [-0.05, 0) is 42.1 Å². The minimum Gasteiger partial charge on any atom is -0.376 e. The average molecular weight is 344 g/mol. The van der Waals surface area contributed by atoms with Gasteiger partial charge in [0, 0.05) is 13.2 Å². The molecular formula is C14H22BrN3O2. The molecule has 1 aromatic heterocycles. The summed E-state index contributed by atoms with van der Waals surface area (Å²) < 4.78 is 7.64. The van der Waals surface area contributed by atoms with Crippen LogP contribution in [-0.2, 0) is 11.3 Å². The summed E-state index contributed by atoms with van der Waals surface area (Å²) in [5.41, 5.74) is 0.467. The van der Waals surface area contributed by atoms with E-state index in [1.807, 2.05) is 6.92 Å². The van der Waals surface area contributed by atoms with Crippen molar-refractivity contribution in [3.05, 3.63) is 21.0 Å². The van der Waals surface area contributed by atoms with Crippen LogP contribution in [0, 0.1) is 5.92 Å². The van der Waals surface area contributed by atoms with Crippen LogP contribution >= 0.6 is 15.9 Å². The molecule has 0 aliphatic carbocycles. The van der Waals surface area contributed by atoms with Crippen molar-refractivity contribution >= 4 is 21.6 Å². The lowest BCUT2D eigenvalue weighted by Gasteiger charge is -2.30. The zero-order chi connectivity index (χ0) is 14.9. The molecule has 2 unspecified atom stereocenters. The first-order valence-electron chi connectivity index (χ1n) is 6.99. The summed E-state index contributed by atoms with van der Waals surface area (Å²) in [6.07, 6.45) is 2.73. The van der Waals surface area contributed by atoms with E-state index in [2.05, 4.69) is 47.1 Å². The Hall–Kier alpha value is -0.880. The largest absolute Gasteiger partial charge is 0.376 e. The third-order valence-corrected chi connectivity index (χ3v) is 4.60.